The number of carbonyl (C=O) groups excluding carboxylic acids is 3. The highest BCUT2D eigenvalue weighted by Crippen LogP contribution is 2.29. The number of nitrogens with zero attached hydrogens (tertiary/aromatic N) is 2. The predicted molar refractivity (Wildman–Crippen MR) is 112 cm³/mol. The number of amides is 2. The highest BCUT2D eigenvalue weighted by molar-refractivity contribution is 6.33. The van der Waals surface area contributed by atoms with Crippen molar-refractivity contribution in [3.63, 3.8) is 0 Å². The van der Waals surface area contributed by atoms with Crippen molar-refractivity contribution in [3.8, 4) is 11.3 Å². The van der Waals surface area contributed by atoms with E-state index in [0.717, 1.165) is 0 Å². The van der Waals surface area contributed by atoms with Gasteiger partial charge in [-0.05, 0) is 44.0 Å². The fraction of sp³-hybridized carbons (Fsp3) is 0.409. The lowest BCUT2D eigenvalue weighted by Gasteiger charge is -2.32. The molecule has 2 amide bonds. The average molecular weight is 433 g/mol. The lowest BCUT2D eigenvalue weighted by Crippen LogP contribution is -2.45. The number of benzene rings is 1. The monoisotopic (exact) mass is 432 g/mol. The van der Waals surface area contributed by atoms with E-state index < -0.39 is 0 Å². The molecule has 0 bridgehead atoms. The molecule has 3 rings (SSSR count). The van der Waals surface area contributed by atoms with Crippen LogP contribution in [0.25, 0.3) is 11.3 Å². The van der Waals surface area contributed by atoms with Crippen molar-refractivity contribution in [1.29, 1.82) is 0 Å². The van der Waals surface area contributed by atoms with Gasteiger partial charge in [0.05, 0.1) is 24.1 Å². The maximum absolute atomic E-state index is 12.7. The first-order valence-corrected chi connectivity index (χ1v) is 10.3. The lowest BCUT2D eigenvalue weighted by atomic mass is 9.97. The largest absolute Gasteiger partial charge is 0.466 e. The minimum Gasteiger partial charge on any atom is -0.466 e. The molecule has 1 aromatic carbocycles. The highest BCUT2D eigenvalue weighted by Gasteiger charge is 2.29. The first-order valence-electron chi connectivity index (χ1n) is 9.95. The van der Waals surface area contributed by atoms with Crippen molar-refractivity contribution in [2.45, 2.75) is 19.8 Å². The minimum absolute atomic E-state index is 0.0645. The Morgan fingerprint density at radius 1 is 1.17 bits per heavy atom. The van der Waals surface area contributed by atoms with Crippen LogP contribution in [0.3, 0.4) is 0 Å². The van der Waals surface area contributed by atoms with Gasteiger partial charge >= 0.3 is 5.97 Å². The summed E-state index contributed by atoms with van der Waals surface area (Å²) in [5.41, 5.74) is 0.696. The van der Waals surface area contributed by atoms with E-state index in [1.54, 1.807) is 37.1 Å². The fourth-order valence-electron chi connectivity index (χ4n) is 3.45. The Kier molecular flexibility index (Phi) is 7.15. The van der Waals surface area contributed by atoms with E-state index in [9.17, 15) is 14.4 Å². The van der Waals surface area contributed by atoms with Crippen LogP contribution in [0.5, 0.6) is 0 Å². The standard InChI is InChI=1S/C22H25ClN2O5/c1-3-29-22(28)15-10-12-25(13-11-15)20(26)14-24(2)21(27)19-9-8-18(30-19)16-6-4-5-7-17(16)23/h4-9,15H,3,10-14H2,1-2H3. The van der Waals surface area contributed by atoms with Crippen LogP contribution in [0.2, 0.25) is 5.02 Å². The van der Waals surface area contributed by atoms with Crippen LogP contribution >= 0.6 is 11.6 Å². The van der Waals surface area contributed by atoms with E-state index in [2.05, 4.69) is 0 Å². The molecule has 1 fully saturated rings. The van der Waals surface area contributed by atoms with Crippen molar-refractivity contribution >= 4 is 29.4 Å². The number of hydrogen-bond acceptors (Lipinski definition) is 5. The second-order valence-corrected chi connectivity index (χ2v) is 7.62. The van der Waals surface area contributed by atoms with Crippen LogP contribution < -0.4 is 0 Å². The lowest BCUT2D eigenvalue weighted by molar-refractivity contribution is -0.151. The summed E-state index contributed by atoms with van der Waals surface area (Å²) in [6.07, 6.45) is 1.14. The third-order valence-electron chi connectivity index (χ3n) is 5.14. The molecule has 0 aliphatic carbocycles. The summed E-state index contributed by atoms with van der Waals surface area (Å²) in [5.74, 6) is -0.288. The molecule has 30 heavy (non-hydrogen) atoms. The summed E-state index contributed by atoms with van der Waals surface area (Å²) in [4.78, 5) is 40.1. The molecule has 8 heteroatoms. The van der Waals surface area contributed by atoms with Gasteiger partial charge in [0.25, 0.3) is 5.91 Å². The molecule has 2 aromatic rings. The molecule has 0 saturated carbocycles. The van der Waals surface area contributed by atoms with Crippen LogP contribution in [-0.2, 0) is 14.3 Å². The van der Waals surface area contributed by atoms with Gasteiger partial charge in [0.15, 0.2) is 5.76 Å². The van der Waals surface area contributed by atoms with E-state index in [1.165, 1.54) is 4.90 Å². The minimum atomic E-state index is -0.386. The molecule has 0 unspecified atom stereocenters. The van der Waals surface area contributed by atoms with E-state index >= 15 is 0 Å². The number of ether oxygens (including phenoxy) is 1. The van der Waals surface area contributed by atoms with Gasteiger partial charge in [-0.3, -0.25) is 14.4 Å². The number of rotatable bonds is 6. The molecule has 1 aromatic heterocycles. The molecule has 0 N–H and O–H groups in total. The summed E-state index contributed by atoms with van der Waals surface area (Å²) < 4.78 is 10.7. The SMILES string of the molecule is CCOC(=O)C1CCN(C(=O)CN(C)C(=O)c2ccc(-c3ccccc3Cl)o2)CC1. The van der Waals surface area contributed by atoms with Crippen molar-refractivity contribution in [2.75, 3.05) is 33.3 Å². The Hall–Kier alpha value is -2.80. The zero-order valence-electron chi connectivity index (χ0n) is 17.1. The molecule has 1 aliphatic heterocycles. The Morgan fingerprint density at radius 3 is 2.53 bits per heavy atom. The molecular formula is C22H25ClN2O5. The zero-order valence-corrected chi connectivity index (χ0v) is 17.9. The van der Waals surface area contributed by atoms with Crippen molar-refractivity contribution < 1.29 is 23.5 Å². The molecule has 1 saturated heterocycles. The Morgan fingerprint density at radius 2 is 1.87 bits per heavy atom. The number of likely N-dealkylation sites (tertiary alicyclic amines) is 1. The number of carbonyl (C=O) groups is 3. The fourth-order valence-corrected chi connectivity index (χ4v) is 3.67. The first-order chi connectivity index (χ1) is 14.4. The predicted octanol–water partition coefficient (Wildman–Crippen LogP) is 3.47. The molecular weight excluding hydrogens is 408 g/mol. The maximum Gasteiger partial charge on any atom is 0.309 e. The molecule has 0 spiro atoms. The van der Waals surface area contributed by atoms with Gasteiger partial charge in [0, 0.05) is 25.7 Å². The van der Waals surface area contributed by atoms with Crippen molar-refractivity contribution in [1.82, 2.24) is 9.80 Å². The van der Waals surface area contributed by atoms with Crippen molar-refractivity contribution in [3.05, 3.63) is 47.2 Å². The van der Waals surface area contributed by atoms with Gasteiger partial charge in [-0.25, -0.2) is 0 Å². The third kappa shape index (κ3) is 5.02. The van der Waals surface area contributed by atoms with Crippen LogP contribution in [0, 0.1) is 5.92 Å². The van der Waals surface area contributed by atoms with Crippen LogP contribution in [0.1, 0.15) is 30.3 Å². The van der Waals surface area contributed by atoms with Crippen molar-refractivity contribution in [2.24, 2.45) is 5.92 Å². The van der Waals surface area contributed by atoms with E-state index in [0.29, 0.717) is 48.9 Å². The summed E-state index contributed by atoms with van der Waals surface area (Å²) in [6, 6.07) is 10.5. The molecule has 2 heterocycles. The van der Waals surface area contributed by atoms with E-state index in [4.69, 9.17) is 20.8 Å². The Balaban J connectivity index is 1.55. The molecule has 7 nitrogen and oxygen atoms in total. The molecule has 1 aliphatic rings. The number of likely N-dealkylation sites (N-methyl/N-ethyl adjacent to an activating group) is 1. The Bertz CT molecular complexity index is 918. The van der Waals surface area contributed by atoms with E-state index in [1.807, 2.05) is 18.2 Å². The van der Waals surface area contributed by atoms with Gasteiger partial charge in [0.2, 0.25) is 5.91 Å². The van der Waals surface area contributed by atoms with Gasteiger partial charge in [-0.1, -0.05) is 23.7 Å². The van der Waals surface area contributed by atoms with E-state index in [-0.39, 0.29) is 36.0 Å². The quantitative estimate of drug-likeness (QED) is 0.653. The molecule has 0 radical (unpaired) electrons. The number of esters is 1. The first kappa shape index (κ1) is 21.9. The smallest absolute Gasteiger partial charge is 0.309 e. The molecule has 160 valence electrons. The summed E-state index contributed by atoms with van der Waals surface area (Å²) in [5, 5.41) is 0.528. The zero-order chi connectivity index (χ0) is 21.7. The topological polar surface area (TPSA) is 80.1 Å². The average Bonchev–Trinajstić information content (AvgIpc) is 3.23. The number of piperidine rings is 1. The Labute approximate surface area is 180 Å². The van der Waals surface area contributed by atoms with Gasteiger partial charge in [-0.15, -0.1) is 0 Å². The second kappa shape index (κ2) is 9.80. The van der Waals surface area contributed by atoms with Gasteiger partial charge < -0.3 is 19.0 Å². The normalized spacial score (nSPS) is 14.4. The van der Waals surface area contributed by atoms with Gasteiger partial charge in [-0.2, -0.15) is 0 Å². The number of hydrogen-bond donors (Lipinski definition) is 0. The van der Waals surface area contributed by atoms with Crippen LogP contribution in [0.4, 0.5) is 0 Å². The summed E-state index contributed by atoms with van der Waals surface area (Å²) in [7, 11) is 1.56. The maximum atomic E-state index is 12.7. The van der Waals surface area contributed by atoms with Gasteiger partial charge in [0.1, 0.15) is 5.76 Å². The van der Waals surface area contributed by atoms with Crippen LogP contribution in [-0.4, -0.2) is 60.9 Å². The number of halogens is 1. The molecule has 0 atom stereocenters. The highest BCUT2D eigenvalue weighted by atomic mass is 35.5. The summed E-state index contributed by atoms with van der Waals surface area (Å²) >= 11 is 6.18. The third-order valence-corrected chi connectivity index (χ3v) is 5.47. The van der Waals surface area contributed by atoms with Crippen LogP contribution in [0.15, 0.2) is 40.8 Å². The number of furan rings is 1. The second-order valence-electron chi connectivity index (χ2n) is 7.21. The summed E-state index contributed by atoms with van der Waals surface area (Å²) in [6.45, 7) is 3.02.